The molecule has 2 nitrogen and oxygen atoms in total. The van der Waals surface area contributed by atoms with Gasteiger partial charge in [0.1, 0.15) is 0 Å². The summed E-state index contributed by atoms with van der Waals surface area (Å²) in [6, 6.07) is 2.06. The van der Waals surface area contributed by atoms with Crippen molar-refractivity contribution in [2.24, 2.45) is 0 Å². The highest BCUT2D eigenvalue weighted by molar-refractivity contribution is 7.10. The zero-order valence-electron chi connectivity index (χ0n) is 10.3. The summed E-state index contributed by atoms with van der Waals surface area (Å²) < 4.78 is 40.6. The van der Waals surface area contributed by atoms with E-state index in [2.05, 4.69) is 18.3 Å². The summed E-state index contributed by atoms with van der Waals surface area (Å²) in [4.78, 5) is 1.28. The van der Waals surface area contributed by atoms with Gasteiger partial charge < -0.3 is 10.1 Å². The molecule has 0 atom stereocenters. The van der Waals surface area contributed by atoms with E-state index in [0.717, 1.165) is 6.54 Å². The van der Waals surface area contributed by atoms with Crippen molar-refractivity contribution < 1.29 is 17.9 Å². The van der Waals surface area contributed by atoms with Crippen LogP contribution in [0.25, 0.3) is 0 Å². The molecule has 0 saturated carbocycles. The van der Waals surface area contributed by atoms with Crippen molar-refractivity contribution in [1.29, 1.82) is 0 Å². The Morgan fingerprint density at radius 2 is 2.11 bits per heavy atom. The third kappa shape index (κ3) is 6.98. The number of alkyl halides is 3. The second-order valence-corrected chi connectivity index (χ2v) is 5.04. The van der Waals surface area contributed by atoms with Crippen LogP contribution in [0.5, 0.6) is 0 Å². The lowest BCUT2D eigenvalue weighted by molar-refractivity contribution is -0.137. The molecule has 6 heteroatoms. The second kappa shape index (κ2) is 7.76. The monoisotopic (exact) mass is 281 g/mol. The highest BCUT2D eigenvalue weighted by Crippen LogP contribution is 2.20. The molecular formula is C12H18F3NOS. The Kier molecular flexibility index (Phi) is 6.67. The number of ether oxygens (including phenoxy) is 1. The Balaban J connectivity index is 1.92. The third-order valence-corrected chi connectivity index (χ3v) is 3.45. The van der Waals surface area contributed by atoms with Crippen molar-refractivity contribution in [2.45, 2.75) is 32.5 Å². The molecule has 0 aliphatic carbocycles. The van der Waals surface area contributed by atoms with Gasteiger partial charge >= 0.3 is 6.18 Å². The van der Waals surface area contributed by atoms with Gasteiger partial charge in [0.25, 0.3) is 0 Å². The molecule has 1 rings (SSSR count). The highest BCUT2D eigenvalue weighted by atomic mass is 32.1. The zero-order chi connectivity index (χ0) is 13.4. The number of halogens is 3. The molecule has 18 heavy (non-hydrogen) atoms. The summed E-state index contributed by atoms with van der Waals surface area (Å²) in [5, 5.41) is 5.24. The number of aryl methyl sites for hydroxylation is 1. The van der Waals surface area contributed by atoms with E-state index in [1.165, 1.54) is 10.4 Å². The van der Waals surface area contributed by atoms with Gasteiger partial charge in [0, 0.05) is 31.0 Å². The van der Waals surface area contributed by atoms with Crippen LogP contribution < -0.4 is 5.32 Å². The molecule has 1 N–H and O–H groups in total. The summed E-state index contributed by atoms with van der Waals surface area (Å²) in [7, 11) is 0. The van der Waals surface area contributed by atoms with E-state index in [1.54, 1.807) is 11.3 Å². The molecule has 0 radical (unpaired) electrons. The molecule has 0 unspecified atom stereocenters. The van der Waals surface area contributed by atoms with E-state index < -0.39 is 12.6 Å². The minimum Gasteiger partial charge on any atom is -0.380 e. The van der Waals surface area contributed by atoms with Crippen molar-refractivity contribution in [3.05, 3.63) is 21.9 Å². The molecule has 0 fully saturated rings. The van der Waals surface area contributed by atoms with Crippen LogP contribution in [-0.4, -0.2) is 25.9 Å². The first-order chi connectivity index (χ1) is 8.49. The quantitative estimate of drug-likeness (QED) is 0.736. The Labute approximate surface area is 109 Å². The van der Waals surface area contributed by atoms with Gasteiger partial charge in [-0.2, -0.15) is 13.2 Å². The number of thiophene rings is 1. The van der Waals surface area contributed by atoms with Crippen molar-refractivity contribution in [2.75, 3.05) is 19.8 Å². The summed E-state index contributed by atoms with van der Waals surface area (Å²) in [6.45, 7) is 4.11. The van der Waals surface area contributed by atoms with E-state index in [0.29, 0.717) is 13.2 Å². The lowest BCUT2D eigenvalue weighted by Crippen LogP contribution is -2.19. The van der Waals surface area contributed by atoms with Crippen LogP contribution in [0.15, 0.2) is 11.4 Å². The van der Waals surface area contributed by atoms with Gasteiger partial charge in [0.2, 0.25) is 0 Å². The Bertz CT molecular complexity index is 338. The van der Waals surface area contributed by atoms with Crippen LogP contribution in [0, 0.1) is 6.92 Å². The number of nitrogens with one attached hydrogen (secondary N) is 1. The maximum atomic E-state index is 11.8. The third-order valence-electron chi connectivity index (χ3n) is 2.43. The molecule has 0 spiro atoms. The largest absolute Gasteiger partial charge is 0.389 e. The fraction of sp³-hybridized carbons (Fsp3) is 0.667. The maximum absolute atomic E-state index is 11.8. The lowest BCUT2D eigenvalue weighted by atomic mass is 10.3. The molecule has 104 valence electrons. The highest BCUT2D eigenvalue weighted by Gasteiger charge is 2.25. The van der Waals surface area contributed by atoms with Crippen LogP contribution in [0.4, 0.5) is 13.2 Å². The summed E-state index contributed by atoms with van der Waals surface area (Å²) in [6.07, 6.45) is -4.80. The van der Waals surface area contributed by atoms with Crippen molar-refractivity contribution in [3.8, 4) is 0 Å². The van der Waals surface area contributed by atoms with Gasteiger partial charge in [-0.1, -0.05) is 0 Å². The molecule has 1 aromatic heterocycles. The van der Waals surface area contributed by atoms with Gasteiger partial charge in [-0.05, 0) is 30.4 Å². The molecule has 0 aliphatic rings. The standard InChI is InChI=1S/C12H18F3NOS/c1-10-3-8-18-11(10)9-16-5-7-17-6-2-4-12(13,14)15/h3,8,16H,2,4-7,9H2,1H3. The van der Waals surface area contributed by atoms with Crippen LogP contribution >= 0.6 is 11.3 Å². The molecule has 0 saturated heterocycles. The predicted octanol–water partition coefficient (Wildman–Crippen LogP) is 3.51. The smallest absolute Gasteiger partial charge is 0.380 e. The number of rotatable bonds is 8. The van der Waals surface area contributed by atoms with Crippen LogP contribution in [0.3, 0.4) is 0 Å². The topological polar surface area (TPSA) is 21.3 Å². The first kappa shape index (κ1) is 15.5. The normalized spacial score (nSPS) is 12.0. The fourth-order valence-corrected chi connectivity index (χ4v) is 2.28. The first-order valence-electron chi connectivity index (χ1n) is 5.87. The average Bonchev–Trinajstić information content (AvgIpc) is 2.67. The summed E-state index contributed by atoms with van der Waals surface area (Å²) in [5.41, 5.74) is 1.26. The maximum Gasteiger partial charge on any atom is 0.389 e. The molecule has 0 aliphatic heterocycles. The van der Waals surface area contributed by atoms with Crippen molar-refractivity contribution >= 4 is 11.3 Å². The minimum atomic E-state index is -4.07. The second-order valence-electron chi connectivity index (χ2n) is 4.03. The van der Waals surface area contributed by atoms with E-state index >= 15 is 0 Å². The van der Waals surface area contributed by atoms with Gasteiger partial charge in [0.15, 0.2) is 0 Å². The fourth-order valence-electron chi connectivity index (χ4n) is 1.41. The zero-order valence-corrected chi connectivity index (χ0v) is 11.2. The Morgan fingerprint density at radius 3 is 2.72 bits per heavy atom. The number of hydrogen-bond donors (Lipinski definition) is 1. The van der Waals surface area contributed by atoms with Crippen LogP contribution in [0.2, 0.25) is 0 Å². The van der Waals surface area contributed by atoms with E-state index in [4.69, 9.17) is 4.74 Å². The number of hydrogen-bond acceptors (Lipinski definition) is 3. The van der Waals surface area contributed by atoms with Crippen molar-refractivity contribution in [1.82, 2.24) is 5.32 Å². The SMILES string of the molecule is Cc1ccsc1CNCCOCCCC(F)(F)F. The van der Waals surface area contributed by atoms with E-state index in [-0.39, 0.29) is 13.0 Å². The first-order valence-corrected chi connectivity index (χ1v) is 6.75. The van der Waals surface area contributed by atoms with E-state index in [9.17, 15) is 13.2 Å². The lowest BCUT2D eigenvalue weighted by Gasteiger charge is -2.07. The molecule has 0 aromatic carbocycles. The Morgan fingerprint density at radius 1 is 1.33 bits per heavy atom. The van der Waals surface area contributed by atoms with Crippen molar-refractivity contribution in [3.63, 3.8) is 0 Å². The molecule has 0 amide bonds. The summed E-state index contributed by atoms with van der Waals surface area (Å²) in [5.74, 6) is 0. The van der Waals surface area contributed by atoms with Gasteiger partial charge in [-0.15, -0.1) is 11.3 Å². The van der Waals surface area contributed by atoms with Gasteiger partial charge in [-0.25, -0.2) is 0 Å². The van der Waals surface area contributed by atoms with Gasteiger partial charge in [-0.3, -0.25) is 0 Å². The van der Waals surface area contributed by atoms with Crippen LogP contribution in [-0.2, 0) is 11.3 Å². The molecular weight excluding hydrogens is 263 g/mol. The van der Waals surface area contributed by atoms with Crippen LogP contribution in [0.1, 0.15) is 23.3 Å². The Hall–Kier alpha value is -0.590. The van der Waals surface area contributed by atoms with E-state index in [1.807, 2.05) is 5.38 Å². The molecule has 1 aromatic rings. The molecule has 1 heterocycles. The molecule has 0 bridgehead atoms. The minimum absolute atomic E-state index is 0.0353. The average molecular weight is 281 g/mol. The van der Waals surface area contributed by atoms with Gasteiger partial charge in [0.05, 0.1) is 6.61 Å². The predicted molar refractivity (Wildman–Crippen MR) is 66.9 cm³/mol. The summed E-state index contributed by atoms with van der Waals surface area (Å²) >= 11 is 1.70.